The number of hydrogen-bond donors (Lipinski definition) is 3. The Balaban J connectivity index is 2.13. The lowest BCUT2D eigenvalue weighted by Crippen LogP contribution is -2.40. The maximum Gasteiger partial charge on any atom is 0.179 e. The molecule has 4 atom stereocenters. The van der Waals surface area contributed by atoms with Crippen LogP contribution in [-0.4, -0.2) is 54.7 Å². The lowest BCUT2D eigenvalue weighted by atomic mass is 10.1. The lowest BCUT2D eigenvalue weighted by molar-refractivity contribution is -0.118. The van der Waals surface area contributed by atoms with Gasteiger partial charge in [-0.1, -0.05) is 0 Å². The third kappa shape index (κ3) is 1.60. The summed E-state index contributed by atoms with van der Waals surface area (Å²) in [5.74, 6) is 0.171. The van der Waals surface area contributed by atoms with Crippen molar-refractivity contribution >= 4 is 17.0 Å². The topological polar surface area (TPSA) is 119 Å². The fraction of sp³-hybridized carbons (Fsp3) is 0.545. The smallest absolute Gasteiger partial charge is 0.179 e. The van der Waals surface area contributed by atoms with Crippen molar-refractivity contribution in [3.63, 3.8) is 0 Å². The number of imidazole rings is 1. The van der Waals surface area contributed by atoms with E-state index in [0.29, 0.717) is 11.2 Å². The zero-order chi connectivity index (χ0) is 14.5. The Hall–Kier alpha value is -1.84. The van der Waals surface area contributed by atoms with Crippen LogP contribution in [0.4, 0.5) is 10.2 Å². The lowest BCUT2D eigenvalue weighted by Gasteiger charge is -2.28. The van der Waals surface area contributed by atoms with Crippen LogP contribution in [0.2, 0.25) is 0 Å². The van der Waals surface area contributed by atoms with E-state index in [-0.39, 0.29) is 5.82 Å². The van der Waals surface area contributed by atoms with Gasteiger partial charge in [-0.2, -0.15) is 0 Å². The number of hydrogen-bond acceptors (Lipinski definition) is 7. The summed E-state index contributed by atoms with van der Waals surface area (Å²) in [4.78, 5) is 11.9. The maximum absolute atomic E-state index is 14.4. The Morgan fingerprint density at radius 2 is 2.25 bits per heavy atom. The first-order chi connectivity index (χ1) is 9.49. The molecule has 0 bridgehead atoms. The summed E-state index contributed by atoms with van der Waals surface area (Å²) in [5.41, 5.74) is 4.78. The van der Waals surface area contributed by atoms with E-state index in [1.54, 1.807) is 0 Å². The second kappa shape index (κ2) is 4.33. The number of nitrogen functional groups attached to an aromatic ring is 1. The largest absolute Gasteiger partial charge is 0.394 e. The van der Waals surface area contributed by atoms with E-state index >= 15 is 0 Å². The number of alkyl halides is 1. The Morgan fingerprint density at radius 3 is 2.90 bits per heavy atom. The minimum Gasteiger partial charge on any atom is -0.394 e. The van der Waals surface area contributed by atoms with Gasteiger partial charge in [0.25, 0.3) is 0 Å². The number of nitrogens with two attached hydrogens (primary N) is 1. The third-order valence-electron chi connectivity index (χ3n) is 3.60. The number of halogens is 1. The molecule has 0 aromatic carbocycles. The molecule has 1 aliphatic rings. The van der Waals surface area contributed by atoms with Gasteiger partial charge >= 0.3 is 0 Å². The molecule has 20 heavy (non-hydrogen) atoms. The highest BCUT2D eigenvalue weighted by Crippen LogP contribution is 2.39. The highest BCUT2D eigenvalue weighted by molar-refractivity contribution is 5.81. The van der Waals surface area contributed by atoms with E-state index in [4.69, 9.17) is 15.6 Å². The van der Waals surface area contributed by atoms with E-state index in [2.05, 4.69) is 15.0 Å². The number of aromatic nitrogens is 4. The number of rotatable bonds is 2. The Labute approximate surface area is 113 Å². The van der Waals surface area contributed by atoms with Gasteiger partial charge in [-0.25, -0.2) is 19.3 Å². The van der Waals surface area contributed by atoms with Crippen molar-refractivity contribution in [1.29, 1.82) is 0 Å². The molecule has 1 unspecified atom stereocenters. The van der Waals surface area contributed by atoms with Crippen LogP contribution in [0.15, 0.2) is 12.7 Å². The summed E-state index contributed by atoms with van der Waals surface area (Å²) in [6.07, 6.45) is -1.61. The summed E-state index contributed by atoms with van der Waals surface area (Å²) in [5, 5.41) is 18.9. The van der Waals surface area contributed by atoms with Crippen LogP contribution in [0, 0.1) is 0 Å². The molecule has 4 N–H and O–H groups in total. The van der Waals surface area contributed by atoms with Gasteiger partial charge in [0.1, 0.15) is 24.1 Å². The summed E-state index contributed by atoms with van der Waals surface area (Å²) >= 11 is 0. The van der Waals surface area contributed by atoms with Crippen LogP contribution in [0.5, 0.6) is 0 Å². The number of aliphatic hydroxyl groups is 2. The predicted octanol–water partition coefficient (Wildman–Crippen LogP) is -0.829. The molecule has 0 aliphatic carbocycles. The molecule has 1 aliphatic heterocycles. The van der Waals surface area contributed by atoms with Gasteiger partial charge in [0.05, 0.1) is 12.9 Å². The molecule has 8 nitrogen and oxygen atoms in total. The first-order valence-electron chi connectivity index (χ1n) is 6.04. The average molecular weight is 283 g/mol. The van der Waals surface area contributed by atoms with Crippen LogP contribution >= 0.6 is 0 Å². The zero-order valence-electron chi connectivity index (χ0n) is 10.6. The Morgan fingerprint density at radius 1 is 1.50 bits per heavy atom. The van der Waals surface area contributed by atoms with Crippen molar-refractivity contribution in [3.8, 4) is 0 Å². The quantitative estimate of drug-likeness (QED) is 0.658. The van der Waals surface area contributed by atoms with Gasteiger partial charge in [-0.05, 0) is 6.92 Å². The first kappa shape index (κ1) is 13.2. The summed E-state index contributed by atoms with van der Waals surface area (Å²) in [6, 6.07) is 0. The summed E-state index contributed by atoms with van der Waals surface area (Å²) < 4.78 is 21.2. The van der Waals surface area contributed by atoms with Gasteiger partial charge in [-0.3, -0.25) is 4.57 Å². The van der Waals surface area contributed by atoms with Gasteiger partial charge in [-0.15, -0.1) is 0 Å². The van der Waals surface area contributed by atoms with E-state index in [1.165, 1.54) is 24.1 Å². The SMILES string of the molecule is C[C@@]1(n2cnc3c(N)ncnc32)O[C@H](CO)C(O)[C@@H]1F. The summed E-state index contributed by atoms with van der Waals surface area (Å²) in [6.45, 7) is 0.969. The number of ether oxygens (including phenoxy) is 1. The van der Waals surface area contributed by atoms with Gasteiger partial charge < -0.3 is 20.7 Å². The molecule has 0 spiro atoms. The molecule has 1 fully saturated rings. The van der Waals surface area contributed by atoms with Crippen molar-refractivity contribution in [3.05, 3.63) is 12.7 Å². The first-order valence-corrected chi connectivity index (χ1v) is 6.04. The van der Waals surface area contributed by atoms with Gasteiger partial charge in [0.15, 0.2) is 23.4 Å². The highest BCUT2D eigenvalue weighted by Gasteiger charge is 2.54. The van der Waals surface area contributed by atoms with E-state index in [1.807, 2.05) is 0 Å². The van der Waals surface area contributed by atoms with Crippen LogP contribution < -0.4 is 5.73 Å². The zero-order valence-corrected chi connectivity index (χ0v) is 10.6. The fourth-order valence-corrected chi connectivity index (χ4v) is 2.46. The fourth-order valence-electron chi connectivity index (χ4n) is 2.46. The van der Waals surface area contributed by atoms with Crippen LogP contribution in [0.1, 0.15) is 6.92 Å². The second-order valence-electron chi connectivity index (χ2n) is 4.83. The molecule has 2 aromatic rings. The normalized spacial score (nSPS) is 33.9. The molecule has 2 aromatic heterocycles. The monoisotopic (exact) mass is 283 g/mol. The molecule has 9 heteroatoms. The van der Waals surface area contributed by atoms with E-state index in [9.17, 15) is 9.50 Å². The van der Waals surface area contributed by atoms with Gasteiger partial charge in [0, 0.05) is 0 Å². The third-order valence-corrected chi connectivity index (χ3v) is 3.60. The van der Waals surface area contributed by atoms with Crippen LogP contribution in [0.25, 0.3) is 11.2 Å². The van der Waals surface area contributed by atoms with Crippen molar-refractivity contribution in [2.75, 3.05) is 12.3 Å². The van der Waals surface area contributed by atoms with Crippen LogP contribution in [0.3, 0.4) is 0 Å². The molecular weight excluding hydrogens is 269 g/mol. The number of anilines is 1. The standard InChI is InChI=1S/C11H14FN5O3/c1-11(8(12)7(19)5(2-18)20-11)17-4-16-6-9(13)14-3-15-10(6)17/h3-5,7-8,18-19H,2H2,1H3,(H2,13,14,15)/t5-,7?,8+,11-/m1/s1. The minimum absolute atomic E-state index is 0.171. The maximum atomic E-state index is 14.4. The number of nitrogens with zero attached hydrogens (tertiary/aromatic N) is 4. The molecular formula is C11H14FN5O3. The Kier molecular flexibility index (Phi) is 2.85. The predicted molar refractivity (Wildman–Crippen MR) is 66.2 cm³/mol. The minimum atomic E-state index is -1.74. The van der Waals surface area contributed by atoms with Crippen molar-refractivity contribution in [2.45, 2.75) is 31.0 Å². The number of aliphatic hydroxyl groups excluding tert-OH is 2. The van der Waals surface area contributed by atoms with Crippen molar-refractivity contribution in [2.24, 2.45) is 0 Å². The molecule has 0 saturated carbocycles. The molecule has 3 rings (SSSR count). The second-order valence-corrected chi connectivity index (χ2v) is 4.83. The average Bonchev–Trinajstić information content (AvgIpc) is 2.96. The van der Waals surface area contributed by atoms with E-state index < -0.39 is 30.7 Å². The molecule has 1 saturated heterocycles. The molecule has 3 heterocycles. The van der Waals surface area contributed by atoms with Crippen molar-refractivity contribution < 1.29 is 19.3 Å². The Bertz CT molecular complexity index is 650. The highest BCUT2D eigenvalue weighted by atomic mass is 19.1. The van der Waals surface area contributed by atoms with Crippen molar-refractivity contribution in [1.82, 2.24) is 19.5 Å². The van der Waals surface area contributed by atoms with E-state index in [0.717, 1.165) is 0 Å². The molecule has 0 radical (unpaired) electrons. The van der Waals surface area contributed by atoms with Crippen LogP contribution in [-0.2, 0) is 10.5 Å². The summed E-state index contributed by atoms with van der Waals surface area (Å²) in [7, 11) is 0. The van der Waals surface area contributed by atoms with Gasteiger partial charge in [0.2, 0.25) is 0 Å². The molecule has 0 amide bonds. The number of fused-ring (bicyclic) bond motifs is 1. The molecule has 108 valence electrons.